The third-order valence-corrected chi connectivity index (χ3v) is 3.13. The van der Waals surface area contributed by atoms with Crippen LogP contribution in [0.25, 0.3) is 0 Å². The molecule has 13 heavy (non-hydrogen) atoms. The van der Waals surface area contributed by atoms with Gasteiger partial charge in [-0.1, -0.05) is 4.49 Å². The summed E-state index contributed by atoms with van der Waals surface area (Å²) in [6, 6.07) is 0. The lowest BCUT2D eigenvalue weighted by Gasteiger charge is -1.99. The van der Waals surface area contributed by atoms with Crippen LogP contribution < -0.4 is 11.3 Å². The van der Waals surface area contributed by atoms with Gasteiger partial charge in [0.15, 0.2) is 0 Å². The summed E-state index contributed by atoms with van der Waals surface area (Å²) in [4.78, 5) is 0. The molecule has 0 atom stereocenters. The van der Waals surface area contributed by atoms with Gasteiger partial charge in [0.2, 0.25) is 0 Å². The first-order valence-corrected chi connectivity index (χ1v) is 5.77. The zero-order chi connectivity index (χ0) is 9.52. The fraction of sp³-hybridized carbons (Fsp3) is 0.667. The maximum Gasteiger partial charge on any atom is 0.148 e. The number of hydrogen-bond donors (Lipinski definition) is 3. The van der Waals surface area contributed by atoms with E-state index in [4.69, 9.17) is 10.9 Å². The Morgan fingerprint density at radius 3 is 3.15 bits per heavy atom. The number of aliphatic hydroxyl groups is 1. The molecule has 0 aliphatic rings. The van der Waals surface area contributed by atoms with Crippen LogP contribution in [0.3, 0.4) is 0 Å². The second-order valence-corrected chi connectivity index (χ2v) is 4.18. The average molecular weight is 220 g/mol. The van der Waals surface area contributed by atoms with Crippen molar-refractivity contribution in [2.24, 2.45) is 5.84 Å². The van der Waals surface area contributed by atoms with E-state index in [0.29, 0.717) is 0 Å². The number of nitrogens with two attached hydrogens (primary N) is 1. The molecule has 0 saturated carbocycles. The Morgan fingerprint density at radius 2 is 2.46 bits per heavy atom. The largest absolute Gasteiger partial charge is 0.396 e. The lowest BCUT2D eigenvalue weighted by Crippen LogP contribution is -2.06. The molecule has 0 bridgehead atoms. The first kappa shape index (κ1) is 10.7. The van der Waals surface area contributed by atoms with Gasteiger partial charge in [0.1, 0.15) is 10.7 Å². The standard InChI is InChI=1S/C6H12N4OS2/c7-8-6-5(9-10-13-6)4-12-3-1-2-11/h8,11H,1-4,7H2. The molecule has 0 fully saturated rings. The van der Waals surface area contributed by atoms with Crippen LogP contribution in [0.1, 0.15) is 12.1 Å². The highest BCUT2D eigenvalue weighted by Crippen LogP contribution is 2.21. The van der Waals surface area contributed by atoms with Crippen molar-refractivity contribution < 1.29 is 5.11 Å². The van der Waals surface area contributed by atoms with Crippen LogP contribution >= 0.6 is 23.3 Å². The van der Waals surface area contributed by atoms with E-state index in [1.165, 1.54) is 11.5 Å². The topological polar surface area (TPSA) is 84.1 Å². The predicted octanol–water partition coefficient (Wildman–Crippen LogP) is 0.439. The Labute approximate surface area is 84.9 Å². The van der Waals surface area contributed by atoms with Crippen molar-refractivity contribution in [2.75, 3.05) is 17.8 Å². The number of nitrogens with one attached hydrogen (secondary N) is 1. The van der Waals surface area contributed by atoms with E-state index in [9.17, 15) is 0 Å². The molecule has 0 spiro atoms. The normalized spacial score (nSPS) is 10.3. The zero-order valence-corrected chi connectivity index (χ0v) is 8.70. The van der Waals surface area contributed by atoms with E-state index >= 15 is 0 Å². The van der Waals surface area contributed by atoms with Gasteiger partial charge in [0.05, 0.1) is 0 Å². The Balaban J connectivity index is 2.27. The third kappa shape index (κ3) is 3.47. The minimum Gasteiger partial charge on any atom is -0.396 e. The van der Waals surface area contributed by atoms with E-state index < -0.39 is 0 Å². The van der Waals surface area contributed by atoms with Crippen molar-refractivity contribution in [3.8, 4) is 0 Å². The smallest absolute Gasteiger partial charge is 0.148 e. The van der Waals surface area contributed by atoms with Crippen LogP contribution in [0.5, 0.6) is 0 Å². The predicted molar refractivity (Wildman–Crippen MR) is 55.6 cm³/mol. The van der Waals surface area contributed by atoms with Crippen molar-refractivity contribution in [1.29, 1.82) is 0 Å². The number of aliphatic hydroxyl groups excluding tert-OH is 1. The Hall–Kier alpha value is -0.370. The van der Waals surface area contributed by atoms with Gasteiger partial charge < -0.3 is 10.5 Å². The number of hydrogen-bond acceptors (Lipinski definition) is 7. The lowest BCUT2D eigenvalue weighted by atomic mass is 10.5. The van der Waals surface area contributed by atoms with Gasteiger partial charge in [-0.15, -0.1) is 5.10 Å². The highest BCUT2D eigenvalue weighted by Gasteiger charge is 2.05. The number of thioether (sulfide) groups is 1. The molecule has 0 aromatic carbocycles. The number of aromatic nitrogens is 2. The fourth-order valence-corrected chi connectivity index (χ4v) is 2.20. The molecule has 0 radical (unpaired) electrons. The summed E-state index contributed by atoms with van der Waals surface area (Å²) in [5.41, 5.74) is 3.43. The highest BCUT2D eigenvalue weighted by molar-refractivity contribution is 7.98. The first-order chi connectivity index (χ1) is 6.38. The van der Waals surface area contributed by atoms with Gasteiger partial charge in [0.25, 0.3) is 0 Å². The van der Waals surface area contributed by atoms with Gasteiger partial charge in [-0.05, 0) is 12.2 Å². The van der Waals surface area contributed by atoms with E-state index in [1.54, 1.807) is 11.8 Å². The molecule has 4 N–H and O–H groups in total. The molecule has 1 aromatic rings. The molecule has 0 aliphatic carbocycles. The van der Waals surface area contributed by atoms with E-state index in [0.717, 1.165) is 28.6 Å². The number of rotatable bonds is 6. The molecule has 1 rings (SSSR count). The van der Waals surface area contributed by atoms with Crippen molar-refractivity contribution >= 4 is 28.3 Å². The average Bonchev–Trinajstić information content (AvgIpc) is 2.60. The molecule has 0 aliphatic heterocycles. The van der Waals surface area contributed by atoms with Gasteiger partial charge >= 0.3 is 0 Å². The number of nitrogen functional groups attached to an aromatic ring is 1. The van der Waals surface area contributed by atoms with Crippen LogP contribution in [0.4, 0.5) is 5.00 Å². The molecular weight excluding hydrogens is 208 g/mol. The summed E-state index contributed by atoms with van der Waals surface area (Å²) in [6.07, 6.45) is 0.813. The number of hydrazine groups is 1. The molecular formula is C6H12N4OS2. The van der Waals surface area contributed by atoms with Gasteiger partial charge in [-0.25, -0.2) is 5.84 Å². The Bertz CT molecular complexity index is 242. The molecule has 1 aromatic heterocycles. The summed E-state index contributed by atoms with van der Waals surface area (Å²) in [7, 11) is 0. The maximum absolute atomic E-state index is 8.55. The summed E-state index contributed by atoms with van der Waals surface area (Å²) < 4.78 is 3.78. The van der Waals surface area contributed by atoms with Crippen molar-refractivity contribution in [3.63, 3.8) is 0 Å². The number of nitrogens with zero attached hydrogens (tertiary/aromatic N) is 2. The van der Waals surface area contributed by atoms with Crippen LogP contribution in [-0.4, -0.2) is 27.1 Å². The van der Waals surface area contributed by atoms with E-state index in [2.05, 4.69) is 15.0 Å². The van der Waals surface area contributed by atoms with E-state index in [1.807, 2.05) is 0 Å². The minimum atomic E-state index is 0.240. The van der Waals surface area contributed by atoms with Crippen LogP contribution in [0.2, 0.25) is 0 Å². The van der Waals surface area contributed by atoms with Crippen molar-refractivity contribution in [1.82, 2.24) is 9.59 Å². The van der Waals surface area contributed by atoms with Gasteiger partial charge in [-0.2, -0.15) is 11.8 Å². The second kappa shape index (κ2) is 6.14. The summed E-state index contributed by atoms with van der Waals surface area (Å²) in [6.45, 7) is 0.240. The quantitative estimate of drug-likeness (QED) is 0.366. The van der Waals surface area contributed by atoms with Crippen molar-refractivity contribution in [3.05, 3.63) is 5.69 Å². The molecule has 5 nitrogen and oxygen atoms in total. The van der Waals surface area contributed by atoms with Crippen LogP contribution in [0, 0.1) is 0 Å². The molecule has 74 valence electrons. The summed E-state index contributed by atoms with van der Waals surface area (Å²) in [5.74, 6) is 6.97. The molecule has 1 heterocycles. The Morgan fingerprint density at radius 1 is 1.62 bits per heavy atom. The Kier molecular flexibility index (Phi) is 5.06. The maximum atomic E-state index is 8.55. The van der Waals surface area contributed by atoms with Gasteiger partial charge in [0, 0.05) is 23.9 Å². The molecule has 7 heteroatoms. The number of anilines is 1. The summed E-state index contributed by atoms with van der Waals surface area (Å²) in [5, 5.41) is 13.3. The first-order valence-electron chi connectivity index (χ1n) is 3.85. The van der Waals surface area contributed by atoms with E-state index in [-0.39, 0.29) is 6.61 Å². The second-order valence-electron chi connectivity index (χ2n) is 2.32. The summed E-state index contributed by atoms with van der Waals surface area (Å²) >= 11 is 2.97. The van der Waals surface area contributed by atoms with Crippen molar-refractivity contribution in [2.45, 2.75) is 12.2 Å². The van der Waals surface area contributed by atoms with Crippen LogP contribution in [-0.2, 0) is 5.75 Å². The lowest BCUT2D eigenvalue weighted by molar-refractivity contribution is 0.296. The minimum absolute atomic E-state index is 0.240. The molecule has 0 amide bonds. The third-order valence-electron chi connectivity index (χ3n) is 1.37. The monoisotopic (exact) mass is 220 g/mol. The molecule has 0 unspecified atom stereocenters. The fourth-order valence-electron chi connectivity index (χ4n) is 0.748. The van der Waals surface area contributed by atoms with Gasteiger partial charge in [-0.3, -0.25) is 0 Å². The molecule has 0 saturated heterocycles. The van der Waals surface area contributed by atoms with Crippen LogP contribution in [0.15, 0.2) is 0 Å². The zero-order valence-electron chi connectivity index (χ0n) is 7.06. The SMILES string of the molecule is NNc1snnc1CSCCCO. The highest BCUT2D eigenvalue weighted by atomic mass is 32.2.